The number of carbonyl (C=O) groups is 2. The summed E-state index contributed by atoms with van der Waals surface area (Å²) < 4.78 is 29.1. The summed E-state index contributed by atoms with van der Waals surface area (Å²) in [4.78, 5) is 23.4. The topological polar surface area (TPSA) is 73.9 Å². The third-order valence-electron chi connectivity index (χ3n) is 3.47. The van der Waals surface area contributed by atoms with Crippen molar-refractivity contribution in [1.29, 1.82) is 0 Å². The number of para-hydroxylation sites is 1. The predicted octanol–water partition coefficient (Wildman–Crippen LogP) is 2.79. The highest BCUT2D eigenvalue weighted by atomic mass is 19.1. The molecule has 1 N–H and O–H groups in total. The Labute approximate surface area is 149 Å². The summed E-state index contributed by atoms with van der Waals surface area (Å²) in [6, 6.07) is 11.0. The standard InChI is InChI=1S/C19H16FNO5/c20-14-3-1-2-4-15(14)21-18(22)12-26-19(23)8-6-13-5-7-16-17(11-13)25-10-9-24-16/h1-8,11H,9-10,12H2,(H,21,22). The molecule has 0 fully saturated rings. The second kappa shape index (κ2) is 8.15. The molecule has 0 saturated carbocycles. The number of hydrogen-bond donors (Lipinski definition) is 1. The van der Waals surface area contributed by atoms with Gasteiger partial charge in [-0.15, -0.1) is 0 Å². The first-order chi connectivity index (χ1) is 12.6. The molecule has 26 heavy (non-hydrogen) atoms. The van der Waals surface area contributed by atoms with Crippen LogP contribution >= 0.6 is 0 Å². The van der Waals surface area contributed by atoms with E-state index in [4.69, 9.17) is 14.2 Å². The molecule has 134 valence electrons. The van der Waals surface area contributed by atoms with Crippen LogP contribution in [0.25, 0.3) is 6.08 Å². The van der Waals surface area contributed by atoms with Crippen molar-refractivity contribution in [3.8, 4) is 11.5 Å². The first-order valence-electron chi connectivity index (χ1n) is 7.91. The molecule has 6 nitrogen and oxygen atoms in total. The fourth-order valence-corrected chi connectivity index (χ4v) is 2.26. The van der Waals surface area contributed by atoms with E-state index in [0.717, 1.165) is 5.56 Å². The van der Waals surface area contributed by atoms with Crippen LogP contribution in [-0.4, -0.2) is 31.7 Å². The second-order valence-corrected chi connectivity index (χ2v) is 5.37. The highest BCUT2D eigenvalue weighted by Crippen LogP contribution is 2.31. The summed E-state index contributed by atoms with van der Waals surface area (Å²) in [5, 5.41) is 2.33. The van der Waals surface area contributed by atoms with Crippen LogP contribution in [0.15, 0.2) is 48.5 Å². The van der Waals surface area contributed by atoms with E-state index in [2.05, 4.69) is 5.32 Å². The minimum Gasteiger partial charge on any atom is -0.486 e. The number of hydrogen-bond acceptors (Lipinski definition) is 5. The van der Waals surface area contributed by atoms with Crippen molar-refractivity contribution in [3.05, 3.63) is 59.9 Å². The zero-order valence-electron chi connectivity index (χ0n) is 13.7. The third-order valence-corrected chi connectivity index (χ3v) is 3.47. The van der Waals surface area contributed by atoms with Crippen LogP contribution in [-0.2, 0) is 14.3 Å². The predicted molar refractivity (Wildman–Crippen MR) is 92.5 cm³/mol. The summed E-state index contributed by atoms with van der Waals surface area (Å²) in [7, 11) is 0. The van der Waals surface area contributed by atoms with Crippen LogP contribution in [0.1, 0.15) is 5.56 Å². The molecule has 0 aliphatic carbocycles. The maximum absolute atomic E-state index is 13.4. The van der Waals surface area contributed by atoms with Crippen molar-refractivity contribution < 1.29 is 28.2 Å². The molecule has 1 aliphatic rings. The van der Waals surface area contributed by atoms with Crippen molar-refractivity contribution in [2.45, 2.75) is 0 Å². The molecule has 0 unspecified atom stereocenters. The first-order valence-corrected chi connectivity index (χ1v) is 7.91. The average Bonchev–Trinajstić information content (AvgIpc) is 2.66. The van der Waals surface area contributed by atoms with Gasteiger partial charge in [-0.2, -0.15) is 0 Å². The number of nitrogens with one attached hydrogen (secondary N) is 1. The number of esters is 1. The maximum Gasteiger partial charge on any atom is 0.331 e. The van der Waals surface area contributed by atoms with Gasteiger partial charge in [-0.1, -0.05) is 18.2 Å². The van der Waals surface area contributed by atoms with Crippen LogP contribution < -0.4 is 14.8 Å². The molecule has 0 atom stereocenters. The fourth-order valence-electron chi connectivity index (χ4n) is 2.26. The molecule has 7 heteroatoms. The lowest BCUT2D eigenvalue weighted by atomic mass is 10.2. The van der Waals surface area contributed by atoms with E-state index < -0.39 is 24.3 Å². The van der Waals surface area contributed by atoms with Gasteiger partial charge in [-0.25, -0.2) is 9.18 Å². The summed E-state index contributed by atoms with van der Waals surface area (Å²) in [5.41, 5.74) is 0.752. The summed E-state index contributed by atoms with van der Waals surface area (Å²) in [6.07, 6.45) is 2.73. The molecule has 0 aromatic heterocycles. The minimum absolute atomic E-state index is 0.0281. The van der Waals surface area contributed by atoms with Gasteiger partial charge in [0.15, 0.2) is 18.1 Å². The molecule has 0 bridgehead atoms. The third kappa shape index (κ3) is 4.60. The number of fused-ring (bicyclic) bond motifs is 1. The number of amides is 1. The number of halogens is 1. The fraction of sp³-hybridized carbons (Fsp3) is 0.158. The van der Waals surface area contributed by atoms with Gasteiger partial charge in [0.05, 0.1) is 5.69 Å². The molecular formula is C19H16FNO5. The Morgan fingerprint density at radius 3 is 2.69 bits per heavy atom. The Hall–Kier alpha value is -3.35. The zero-order valence-corrected chi connectivity index (χ0v) is 13.7. The van der Waals surface area contributed by atoms with Gasteiger partial charge in [-0.05, 0) is 35.9 Å². The number of benzene rings is 2. The van der Waals surface area contributed by atoms with E-state index >= 15 is 0 Å². The molecule has 3 rings (SSSR count). The lowest BCUT2D eigenvalue weighted by Crippen LogP contribution is -2.20. The van der Waals surface area contributed by atoms with E-state index in [9.17, 15) is 14.0 Å². The van der Waals surface area contributed by atoms with Crippen LogP contribution in [0.5, 0.6) is 11.5 Å². The number of ether oxygens (including phenoxy) is 3. The number of rotatable bonds is 5. The maximum atomic E-state index is 13.4. The van der Waals surface area contributed by atoms with Gasteiger partial charge in [0.25, 0.3) is 5.91 Å². The lowest BCUT2D eigenvalue weighted by molar-refractivity contribution is -0.142. The first kappa shape index (κ1) is 17.5. The van der Waals surface area contributed by atoms with Crippen LogP contribution in [0.3, 0.4) is 0 Å². The molecule has 1 aliphatic heterocycles. The van der Waals surface area contributed by atoms with E-state index in [1.165, 1.54) is 30.4 Å². The Bertz CT molecular complexity index is 850. The SMILES string of the molecule is O=C(COC(=O)C=Cc1ccc2c(c1)OCCO2)Nc1ccccc1F. The molecule has 1 amide bonds. The molecule has 2 aromatic rings. The Morgan fingerprint density at radius 1 is 1.12 bits per heavy atom. The lowest BCUT2D eigenvalue weighted by Gasteiger charge is -2.18. The Morgan fingerprint density at radius 2 is 1.88 bits per heavy atom. The minimum atomic E-state index is -0.691. The van der Waals surface area contributed by atoms with Crippen molar-refractivity contribution >= 4 is 23.6 Å². The van der Waals surface area contributed by atoms with E-state index in [0.29, 0.717) is 24.7 Å². The smallest absolute Gasteiger partial charge is 0.331 e. The van der Waals surface area contributed by atoms with Crippen molar-refractivity contribution in [2.75, 3.05) is 25.1 Å². The monoisotopic (exact) mass is 357 g/mol. The molecule has 0 saturated heterocycles. The second-order valence-electron chi connectivity index (χ2n) is 5.37. The van der Waals surface area contributed by atoms with Gasteiger partial charge in [0.2, 0.25) is 0 Å². The van der Waals surface area contributed by atoms with E-state index in [1.54, 1.807) is 24.3 Å². The van der Waals surface area contributed by atoms with Gasteiger partial charge in [-0.3, -0.25) is 4.79 Å². The Kier molecular flexibility index (Phi) is 5.48. The van der Waals surface area contributed by atoms with E-state index in [-0.39, 0.29) is 5.69 Å². The van der Waals surface area contributed by atoms with Crippen molar-refractivity contribution in [3.63, 3.8) is 0 Å². The number of carbonyl (C=O) groups excluding carboxylic acids is 2. The highest BCUT2D eigenvalue weighted by molar-refractivity contribution is 5.94. The van der Waals surface area contributed by atoms with Gasteiger partial charge in [0, 0.05) is 6.08 Å². The number of anilines is 1. The van der Waals surface area contributed by atoms with Gasteiger partial charge >= 0.3 is 5.97 Å². The molecular weight excluding hydrogens is 341 g/mol. The van der Waals surface area contributed by atoms with Gasteiger partial charge < -0.3 is 19.5 Å². The highest BCUT2D eigenvalue weighted by Gasteiger charge is 2.11. The summed E-state index contributed by atoms with van der Waals surface area (Å²) in [5.74, 6) is -0.623. The quantitative estimate of drug-likeness (QED) is 0.658. The van der Waals surface area contributed by atoms with E-state index in [1.807, 2.05) is 0 Å². The summed E-state index contributed by atoms with van der Waals surface area (Å²) in [6.45, 7) is 0.460. The van der Waals surface area contributed by atoms with Gasteiger partial charge in [0.1, 0.15) is 19.0 Å². The van der Waals surface area contributed by atoms with Crippen LogP contribution in [0.4, 0.5) is 10.1 Å². The molecule has 1 heterocycles. The zero-order chi connectivity index (χ0) is 18.4. The van der Waals surface area contributed by atoms with Crippen LogP contribution in [0, 0.1) is 5.82 Å². The normalized spacial score (nSPS) is 12.7. The van der Waals surface area contributed by atoms with Crippen molar-refractivity contribution in [1.82, 2.24) is 0 Å². The molecule has 2 aromatic carbocycles. The van der Waals surface area contributed by atoms with Crippen molar-refractivity contribution in [2.24, 2.45) is 0 Å². The molecule has 0 spiro atoms. The molecule has 0 radical (unpaired) electrons. The average molecular weight is 357 g/mol. The van der Waals surface area contributed by atoms with Crippen LogP contribution in [0.2, 0.25) is 0 Å². The Balaban J connectivity index is 1.50. The summed E-state index contributed by atoms with van der Waals surface area (Å²) >= 11 is 0. The largest absolute Gasteiger partial charge is 0.486 e.